The molecule has 1 rings (SSSR count). The van der Waals surface area contributed by atoms with Crippen molar-refractivity contribution in [2.45, 2.75) is 49.4 Å². The Morgan fingerprint density at radius 3 is 2.17 bits per heavy atom. The number of aryl methyl sites for hydroxylation is 1. The van der Waals surface area contributed by atoms with Gasteiger partial charge in [0.05, 0.1) is 4.90 Å². The minimum Gasteiger partial charge on any atom is -0.207 e. The lowest BCUT2D eigenvalue weighted by atomic mass is 10.1. The molecule has 0 heterocycles. The van der Waals surface area contributed by atoms with E-state index in [1.807, 2.05) is 20.8 Å². The van der Waals surface area contributed by atoms with Crippen LogP contribution in [-0.2, 0) is 10.0 Å². The summed E-state index contributed by atoms with van der Waals surface area (Å²) in [5.41, 5.74) is 1.05. The van der Waals surface area contributed by atoms with Gasteiger partial charge in [0, 0.05) is 10.9 Å². The van der Waals surface area contributed by atoms with Crippen LogP contribution < -0.4 is 4.72 Å². The highest BCUT2D eigenvalue weighted by Gasteiger charge is 2.23. The molecule has 102 valence electrons. The molecule has 0 radical (unpaired) electrons. The fourth-order valence-corrected chi connectivity index (χ4v) is 3.72. The largest absolute Gasteiger partial charge is 0.240 e. The predicted octanol–water partition coefficient (Wildman–Crippen LogP) is 3.23. The molecule has 0 fully saturated rings. The lowest BCUT2D eigenvalue weighted by molar-refractivity contribution is 0.524. The molecule has 18 heavy (non-hydrogen) atoms. The van der Waals surface area contributed by atoms with Crippen molar-refractivity contribution in [3.8, 4) is 0 Å². The summed E-state index contributed by atoms with van der Waals surface area (Å²) in [7, 11) is -3.42. The molecule has 0 unspecified atom stereocenters. The van der Waals surface area contributed by atoms with E-state index in [2.05, 4.69) is 20.7 Å². The summed E-state index contributed by atoms with van der Waals surface area (Å²) in [6, 6.07) is 6.81. The third kappa shape index (κ3) is 4.07. The highest BCUT2D eigenvalue weighted by atomic mass is 79.9. The number of rotatable bonds is 6. The minimum absolute atomic E-state index is 0.0821. The maximum Gasteiger partial charge on any atom is 0.240 e. The number of hydrogen-bond acceptors (Lipinski definition) is 2. The van der Waals surface area contributed by atoms with Crippen molar-refractivity contribution in [3.05, 3.63) is 29.8 Å². The van der Waals surface area contributed by atoms with E-state index in [9.17, 15) is 8.42 Å². The average Bonchev–Trinajstić information content (AvgIpc) is 2.35. The molecule has 0 saturated carbocycles. The first-order valence-corrected chi connectivity index (χ1v) is 8.53. The van der Waals surface area contributed by atoms with Crippen LogP contribution >= 0.6 is 15.9 Å². The Morgan fingerprint density at radius 1 is 1.17 bits per heavy atom. The van der Waals surface area contributed by atoms with Gasteiger partial charge in [-0.1, -0.05) is 47.5 Å². The molecule has 0 spiro atoms. The van der Waals surface area contributed by atoms with Gasteiger partial charge in [0.2, 0.25) is 10.0 Å². The van der Waals surface area contributed by atoms with Crippen LogP contribution in [-0.4, -0.2) is 19.3 Å². The van der Waals surface area contributed by atoms with Crippen molar-refractivity contribution in [2.24, 2.45) is 0 Å². The summed E-state index contributed by atoms with van der Waals surface area (Å²) in [5, 5.41) is 0. The molecule has 0 aliphatic rings. The second kappa shape index (κ2) is 6.68. The first-order valence-electron chi connectivity index (χ1n) is 6.13. The van der Waals surface area contributed by atoms with Crippen molar-refractivity contribution in [1.82, 2.24) is 4.72 Å². The summed E-state index contributed by atoms with van der Waals surface area (Å²) in [5.74, 6) is 0. The molecule has 0 aromatic heterocycles. The molecule has 1 aromatic rings. The van der Waals surface area contributed by atoms with Crippen LogP contribution in [0, 0.1) is 6.92 Å². The van der Waals surface area contributed by atoms with E-state index in [0.717, 1.165) is 18.4 Å². The molecule has 5 heteroatoms. The Hall–Kier alpha value is -0.390. The maximum atomic E-state index is 12.2. The molecule has 0 aliphatic carbocycles. The van der Waals surface area contributed by atoms with Crippen LogP contribution in [0.1, 0.15) is 32.3 Å². The van der Waals surface area contributed by atoms with Crippen LogP contribution in [0.25, 0.3) is 0 Å². The topological polar surface area (TPSA) is 46.2 Å². The fourth-order valence-electron chi connectivity index (χ4n) is 1.68. The molecule has 2 atom stereocenters. The first kappa shape index (κ1) is 15.7. The van der Waals surface area contributed by atoms with Gasteiger partial charge in [0.1, 0.15) is 0 Å². The highest BCUT2D eigenvalue weighted by molar-refractivity contribution is 9.09. The fraction of sp³-hybridized carbons (Fsp3) is 0.538. The summed E-state index contributed by atoms with van der Waals surface area (Å²) < 4.78 is 27.2. The molecule has 0 bridgehead atoms. The van der Waals surface area contributed by atoms with Crippen LogP contribution in [0.15, 0.2) is 29.2 Å². The third-order valence-corrected chi connectivity index (χ3v) is 5.70. The number of nitrogens with one attached hydrogen (secondary N) is 1. The Balaban J connectivity index is 2.90. The van der Waals surface area contributed by atoms with Gasteiger partial charge >= 0.3 is 0 Å². The predicted molar refractivity (Wildman–Crippen MR) is 78.6 cm³/mol. The summed E-state index contributed by atoms with van der Waals surface area (Å²) in [6.45, 7) is 5.94. The van der Waals surface area contributed by atoms with Gasteiger partial charge in [-0.15, -0.1) is 0 Å². The third-order valence-electron chi connectivity index (χ3n) is 2.90. The SMILES string of the molecule is CC[C@@H](Br)[C@H](CC)NS(=O)(=O)c1ccc(C)cc1. The van der Waals surface area contributed by atoms with Gasteiger partial charge < -0.3 is 0 Å². The smallest absolute Gasteiger partial charge is 0.207 e. The van der Waals surface area contributed by atoms with E-state index in [1.54, 1.807) is 24.3 Å². The lowest BCUT2D eigenvalue weighted by Crippen LogP contribution is -2.40. The number of benzene rings is 1. The Kier molecular flexibility index (Phi) is 5.82. The summed E-state index contributed by atoms with van der Waals surface area (Å²) >= 11 is 3.51. The molecule has 1 N–H and O–H groups in total. The Bertz CT molecular complexity index is 470. The normalized spacial score (nSPS) is 15.3. The van der Waals surface area contributed by atoms with E-state index in [0.29, 0.717) is 4.90 Å². The molecule has 0 aliphatic heterocycles. The lowest BCUT2D eigenvalue weighted by Gasteiger charge is -2.21. The molecular weight excluding hydrogens is 314 g/mol. The van der Waals surface area contributed by atoms with Crippen LogP contribution in [0.4, 0.5) is 0 Å². The van der Waals surface area contributed by atoms with Gasteiger partial charge in [0.25, 0.3) is 0 Å². The standard InChI is InChI=1S/C13H20BrNO2S/c1-4-12(14)13(5-2)15-18(16,17)11-8-6-10(3)7-9-11/h6-9,12-13,15H,4-5H2,1-3H3/t12-,13+/m1/s1. The zero-order valence-electron chi connectivity index (χ0n) is 11.0. The van der Waals surface area contributed by atoms with Crippen LogP contribution in [0.2, 0.25) is 0 Å². The van der Waals surface area contributed by atoms with Crippen molar-refractivity contribution >= 4 is 26.0 Å². The van der Waals surface area contributed by atoms with E-state index in [1.165, 1.54) is 0 Å². The molecule has 1 aromatic carbocycles. The Labute approximate surface area is 118 Å². The van der Waals surface area contributed by atoms with E-state index >= 15 is 0 Å². The summed E-state index contributed by atoms with van der Waals surface area (Å²) in [6.07, 6.45) is 1.64. The monoisotopic (exact) mass is 333 g/mol. The number of halogens is 1. The highest BCUT2D eigenvalue weighted by Crippen LogP contribution is 2.17. The van der Waals surface area contributed by atoms with Crippen molar-refractivity contribution in [2.75, 3.05) is 0 Å². The quantitative estimate of drug-likeness (QED) is 0.812. The second-order valence-electron chi connectivity index (χ2n) is 4.37. The molecule has 0 saturated heterocycles. The zero-order chi connectivity index (χ0) is 13.8. The zero-order valence-corrected chi connectivity index (χ0v) is 13.4. The van der Waals surface area contributed by atoms with Crippen LogP contribution in [0.5, 0.6) is 0 Å². The molecule has 0 amide bonds. The minimum atomic E-state index is -3.42. The molecular formula is C13H20BrNO2S. The van der Waals surface area contributed by atoms with Gasteiger partial charge in [0.15, 0.2) is 0 Å². The number of sulfonamides is 1. The van der Waals surface area contributed by atoms with Gasteiger partial charge in [-0.3, -0.25) is 0 Å². The second-order valence-corrected chi connectivity index (χ2v) is 7.26. The van der Waals surface area contributed by atoms with Crippen molar-refractivity contribution in [1.29, 1.82) is 0 Å². The van der Waals surface area contributed by atoms with E-state index < -0.39 is 10.0 Å². The van der Waals surface area contributed by atoms with Crippen molar-refractivity contribution in [3.63, 3.8) is 0 Å². The van der Waals surface area contributed by atoms with Crippen molar-refractivity contribution < 1.29 is 8.42 Å². The first-order chi connectivity index (χ1) is 8.40. The van der Waals surface area contributed by atoms with Crippen LogP contribution in [0.3, 0.4) is 0 Å². The number of hydrogen-bond donors (Lipinski definition) is 1. The van der Waals surface area contributed by atoms with Gasteiger partial charge in [-0.25, -0.2) is 13.1 Å². The Morgan fingerprint density at radius 2 is 1.72 bits per heavy atom. The number of alkyl halides is 1. The van der Waals surface area contributed by atoms with E-state index in [-0.39, 0.29) is 10.9 Å². The van der Waals surface area contributed by atoms with Gasteiger partial charge in [-0.2, -0.15) is 0 Å². The summed E-state index contributed by atoms with van der Waals surface area (Å²) in [4.78, 5) is 0.477. The maximum absolute atomic E-state index is 12.2. The molecule has 3 nitrogen and oxygen atoms in total. The van der Waals surface area contributed by atoms with E-state index in [4.69, 9.17) is 0 Å². The van der Waals surface area contributed by atoms with Gasteiger partial charge in [-0.05, 0) is 31.9 Å². The average molecular weight is 334 g/mol.